The van der Waals surface area contributed by atoms with E-state index in [0.717, 1.165) is 25.7 Å². The van der Waals surface area contributed by atoms with Crippen molar-refractivity contribution in [3.05, 3.63) is 48.5 Å². The van der Waals surface area contributed by atoms with Crippen LogP contribution >= 0.6 is 0 Å². The Balaban J connectivity index is 1.31. The van der Waals surface area contributed by atoms with Gasteiger partial charge in [-0.2, -0.15) is 0 Å². The highest BCUT2D eigenvalue weighted by molar-refractivity contribution is 6.43. The number of rotatable bonds is 3. The van der Waals surface area contributed by atoms with Crippen LogP contribution in [0.4, 0.5) is 11.4 Å². The lowest BCUT2D eigenvalue weighted by Gasteiger charge is -2.31. The van der Waals surface area contributed by atoms with E-state index in [1.165, 1.54) is 11.4 Å². The fraction of sp³-hybridized carbons (Fsp3) is 0.348. The Bertz CT molecular complexity index is 1050. The third-order valence-electron chi connectivity index (χ3n) is 5.76. The molecule has 1 saturated carbocycles. The lowest BCUT2D eigenvalue weighted by Crippen LogP contribution is -2.57. The topological polar surface area (TPSA) is 92.3 Å². The van der Waals surface area contributed by atoms with E-state index < -0.39 is 17.7 Å². The first-order chi connectivity index (χ1) is 15.0. The molecule has 8 nitrogen and oxygen atoms in total. The minimum Gasteiger partial charge on any atom is -0.448 e. The molecule has 1 unspecified atom stereocenters. The molecule has 2 amide bonds. The van der Waals surface area contributed by atoms with Crippen LogP contribution in [0.2, 0.25) is 0 Å². The van der Waals surface area contributed by atoms with Crippen molar-refractivity contribution < 1.29 is 19.1 Å². The Hall–Kier alpha value is -3.55. The Morgan fingerprint density at radius 1 is 1.10 bits per heavy atom. The number of hydrogen-bond donors (Lipinski definition) is 2. The summed E-state index contributed by atoms with van der Waals surface area (Å²) in [6.07, 6.45) is 5.09. The molecule has 2 aromatic rings. The molecule has 3 aliphatic rings. The number of hydrogen-bond acceptors (Lipinski definition) is 6. The number of benzene rings is 2. The highest BCUT2D eigenvalue weighted by atomic mass is 16.7. The lowest BCUT2D eigenvalue weighted by molar-refractivity contribution is -0.120. The quantitative estimate of drug-likeness (QED) is 0.794. The molecule has 160 valence electrons. The van der Waals surface area contributed by atoms with Gasteiger partial charge >= 0.3 is 0 Å². The van der Waals surface area contributed by atoms with E-state index in [-0.39, 0.29) is 11.7 Å². The Labute approximate surface area is 180 Å². The van der Waals surface area contributed by atoms with Gasteiger partial charge in [0.15, 0.2) is 11.5 Å². The van der Waals surface area contributed by atoms with Gasteiger partial charge in [-0.1, -0.05) is 24.6 Å². The van der Waals surface area contributed by atoms with Gasteiger partial charge in [0.25, 0.3) is 17.6 Å². The maximum atomic E-state index is 12.9. The first kappa shape index (κ1) is 19.4. The zero-order chi connectivity index (χ0) is 21.4. The summed E-state index contributed by atoms with van der Waals surface area (Å²) in [5.74, 6) is 0.159. The smallest absolute Gasteiger partial charge is 0.292 e. The predicted molar refractivity (Wildman–Crippen MR) is 116 cm³/mol. The largest absolute Gasteiger partial charge is 0.448 e. The van der Waals surface area contributed by atoms with Crippen molar-refractivity contribution in [2.75, 3.05) is 10.3 Å². The van der Waals surface area contributed by atoms with Gasteiger partial charge in [0, 0.05) is 24.6 Å². The van der Waals surface area contributed by atoms with Crippen LogP contribution in [0.1, 0.15) is 39.0 Å². The molecule has 31 heavy (non-hydrogen) atoms. The number of nitrogens with zero attached hydrogens (tertiary/aromatic N) is 2. The van der Waals surface area contributed by atoms with Gasteiger partial charge in [0.2, 0.25) is 5.84 Å². The average Bonchev–Trinajstić information content (AvgIpc) is 3.13. The zero-order valence-electron chi connectivity index (χ0n) is 17.3. The van der Waals surface area contributed by atoms with Crippen LogP contribution in [0, 0.1) is 0 Å². The van der Waals surface area contributed by atoms with Gasteiger partial charge in [0.05, 0.1) is 5.69 Å². The molecule has 0 saturated heterocycles. The third-order valence-corrected chi connectivity index (χ3v) is 5.76. The molecule has 2 aliphatic heterocycles. The van der Waals surface area contributed by atoms with Crippen molar-refractivity contribution in [3.8, 4) is 11.5 Å². The van der Waals surface area contributed by atoms with Crippen LogP contribution in [-0.4, -0.2) is 29.5 Å². The molecular formula is C23H24N4O4. The summed E-state index contributed by atoms with van der Waals surface area (Å²) in [4.78, 5) is 29.6. The molecule has 0 aromatic heterocycles. The van der Waals surface area contributed by atoms with E-state index in [1.807, 2.05) is 24.3 Å². The van der Waals surface area contributed by atoms with Crippen molar-refractivity contribution in [1.82, 2.24) is 5.43 Å². The van der Waals surface area contributed by atoms with Crippen LogP contribution < -0.4 is 25.2 Å². The van der Waals surface area contributed by atoms with Gasteiger partial charge in [-0.15, -0.1) is 0 Å². The summed E-state index contributed by atoms with van der Waals surface area (Å²) in [5, 5.41) is 4.18. The summed E-state index contributed by atoms with van der Waals surface area (Å²) in [6, 6.07) is 13.8. The summed E-state index contributed by atoms with van der Waals surface area (Å²) in [5.41, 5.74) is 4.04. The van der Waals surface area contributed by atoms with E-state index in [9.17, 15) is 9.59 Å². The minimum absolute atomic E-state index is 0.0670. The minimum atomic E-state index is -0.676. The maximum Gasteiger partial charge on any atom is 0.292 e. The highest BCUT2D eigenvalue weighted by Crippen LogP contribution is 2.46. The molecule has 0 radical (unpaired) electrons. The maximum absolute atomic E-state index is 12.9. The molecule has 1 fully saturated rings. The van der Waals surface area contributed by atoms with Crippen LogP contribution in [0.25, 0.3) is 0 Å². The summed E-state index contributed by atoms with van der Waals surface area (Å²) < 4.78 is 12.2. The number of amides is 2. The zero-order valence-corrected chi connectivity index (χ0v) is 17.3. The van der Waals surface area contributed by atoms with Gasteiger partial charge in [-0.05, 0) is 44.0 Å². The van der Waals surface area contributed by atoms with Crippen LogP contribution in [0.3, 0.4) is 0 Å². The second kappa shape index (κ2) is 7.61. The molecule has 2 aromatic carbocycles. The predicted octanol–water partition coefficient (Wildman–Crippen LogP) is 3.40. The first-order valence-electron chi connectivity index (χ1n) is 10.6. The summed E-state index contributed by atoms with van der Waals surface area (Å²) in [6.45, 7) is 1.66. The Kier molecular flexibility index (Phi) is 4.77. The van der Waals surface area contributed by atoms with Gasteiger partial charge in [-0.3, -0.25) is 15.0 Å². The number of nitrogens with one attached hydrogen (secondary N) is 2. The Morgan fingerprint density at radius 2 is 1.84 bits per heavy atom. The number of carbonyl (C=O) groups is 2. The molecule has 5 rings (SSSR count). The Morgan fingerprint density at radius 3 is 2.61 bits per heavy atom. The number of aliphatic imine (C=N–C) groups is 1. The van der Waals surface area contributed by atoms with E-state index in [4.69, 9.17) is 9.47 Å². The van der Waals surface area contributed by atoms with E-state index in [1.54, 1.807) is 31.2 Å². The van der Waals surface area contributed by atoms with Crippen molar-refractivity contribution in [2.24, 2.45) is 4.99 Å². The molecule has 1 aliphatic carbocycles. The SMILES string of the molecule is CC1N=C(C(=O)Nc2ccc3c(c2)OC2(CCCCC2)O3)NN(c2ccccc2)C1=O. The van der Waals surface area contributed by atoms with Crippen molar-refractivity contribution in [1.29, 1.82) is 0 Å². The summed E-state index contributed by atoms with van der Waals surface area (Å²) in [7, 11) is 0. The lowest BCUT2D eigenvalue weighted by atomic mass is 9.94. The number of anilines is 2. The fourth-order valence-corrected chi connectivity index (χ4v) is 4.16. The highest BCUT2D eigenvalue weighted by Gasteiger charge is 2.42. The number of fused-ring (bicyclic) bond motifs is 1. The normalized spacial score (nSPS) is 21.5. The van der Waals surface area contributed by atoms with Gasteiger partial charge < -0.3 is 14.8 Å². The van der Waals surface area contributed by atoms with Crippen LogP contribution in [-0.2, 0) is 9.59 Å². The van der Waals surface area contributed by atoms with Crippen LogP contribution in [0.5, 0.6) is 11.5 Å². The summed E-state index contributed by atoms with van der Waals surface area (Å²) >= 11 is 0. The first-order valence-corrected chi connectivity index (χ1v) is 10.6. The molecule has 2 heterocycles. The van der Waals surface area contributed by atoms with E-state index in [2.05, 4.69) is 15.7 Å². The van der Waals surface area contributed by atoms with E-state index in [0.29, 0.717) is 22.9 Å². The third kappa shape index (κ3) is 3.69. The van der Waals surface area contributed by atoms with Crippen molar-refractivity contribution in [2.45, 2.75) is 50.9 Å². The molecule has 2 N–H and O–H groups in total. The van der Waals surface area contributed by atoms with Crippen molar-refractivity contribution >= 4 is 29.0 Å². The number of para-hydroxylation sites is 1. The monoisotopic (exact) mass is 420 g/mol. The molecule has 0 bridgehead atoms. The van der Waals surface area contributed by atoms with Crippen molar-refractivity contribution in [3.63, 3.8) is 0 Å². The van der Waals surface area contributed by atoms with Gasteiger partial charge in [-0.25, -0.2) is 10.0 Å². The second-order valence-corrected chi connectivity index (χ2v) is 8.07. The van der Waals surface area contributed by atoms with Gasteiger partial charge in [0.1, 0.15) is 6.04 Å². The molecule has 1 spiro atoms. The second-order valence-electron chi connectivity index (χ2n) is 8.07. The van der Waals surface area contributed by atoms with E-state index >= 15 is 0 Å². The fourth-order valence-electron chi connectivity index (χ4n) is 4.16. The average molecular weight is 420 g/mol. The number of carbonyl (C=O) groups excluding carboxylic acids is 2. The number of ether oxygens (including phenoxy) is 2. The standard InChI is InChI=1S/C23H24N4O4/c1-15-22(29)27(17-8-4-2-5-9-17)26-20(24-15)21(28)25-16-10-11-18-19(14-16)31-23(30-18)12-6-3-7-13-23/h2,4-5,8-11,14-15H,3,6-7,12-13H2,1H3,(H,24,26)(H,25,28). The molecule has 8 heteroatoms. The number of hydrazine groups is 1. The molecule has 1 atom stereocenters. The van der Waals surface area contributed by atoms with Crippen LogP contribution in [0.15, 0.2) is 53.5 Å². The molecular weight excluding hydrogens is 396 g/mol. The number of amidine groups is 1.